The number of nitrogens with one attached hydrogen (secondary N) is 1. The molecule has 0 radical (unpaired) electrons. The van der Waals surface area contributed by atoms with Crippen molar-refractivity contribution >= 4 is 91.9 Å². The molecule has 1 aliphatic rings. The third kappa shape index (κ3) is 10.2. The first kappa shape index (κ1) is 37.8. The second-order valence-electron chi connectivity index (χ2n) is 10.2. The van der Waals surface area contributed by atoms with Crippen LogP contribution in [0.5, 0.6) is 5.75 Å². The molecule has 1 heterocycles. The van der Waals surface area contributed by atoms with Crippen LogP contribution in [0.1, 0.15) is 36.6 Å². The molecular weight excluding hydrogens is 868 g/mol. The summed E-state index contributed by atoms with van der Waals surface area (Å²) in [5.41, 5.74) is 2.69. The monoisotopic (exact) mass is 901 g/mol. The molecule has 3 amide bonds. The number of benzene rings is 3. The van der Waals surface area contributed by atoms with E-state index in [9.17, 15) is 19.2 Å². The first-order chi connectivity index (χ1) is 23.7. The summed E-state index contributed by atoms with van der Waals surface area (Å²) in [6, 6.07) is 22.3. The zero-order valence-corrected chi connectivity index (χ0v) is 31.9. The Morgan fingerprint density at radius 2 is 1.63 bits per heavy atom. The van der Waals surface area contributed by atoms with Crippen LogP contribution >= 0.6 is 56.9 Å². The number of ether oxygens (including phenoxy) is 2. The molecule has 0 spiro atoms. The van der Waals surface area contributed by atoms with E-state index in [2.05, 4.69) is 62.1 Å². The Labute approximate surface area is 316 Å². The number of amides is 3. The van der Waals surface area contributed by atoms with Gasteiger partial charge in [0.25, 0.3) is 11.8 Å². The maximum absolute atomic E-state index is 14.0. The van der Waals surface area contributed by atoms with Crippen molar-refractivity contribution in [2.24, 2.45) is 4.99 Å². The summed E-state index contributed by atoms with van der Waals surface area (Å²) >= 11 is 5.13. The molecule has 0 fully saturated rings. The van der Waals surface area contributed by atoms with Crippen molar-refractivity contribution in [3.63, 3.8) is 0 Å². The van der Waals surface area contributed by atoms with E-state index in [-0.39, 0.29) is 35.6 Å². The van der Waals surface area contributed by atoms with Gasteiger partial charge in [0.2, 0.25) is 5.91 Å². The van der Waals surface area contributed by atoms with Crippen LogP contribution in [-0.4, -0.2) is 52.7 Å². The highest BCUT2D eigenvalue weighted by Crippen LogP contribution is 2.32. The zero-order chi connectivity index (χ0) is 35.3. The first-order valence-electron chi connectivity index (χ1n) is 15.1. The van der Waals surface area contributed by atoms with Crippen molar-refractivity contribution in [2.75, 3.05) is 19.0 Å². The van der Waals surface area contributed by atoms with Gasteiger partial charge < -0.3 is 14.8 Å². The van der Waals surface area contributed by atoms with E-state index in [1.165, 1.54) is 11.0 Å². The van der Waals surface area contributed by atoms with Crippen molar-refractivity contribution in [1.29, 1.82) is 0 Å². The Morgan fingerprint density at radius 3 is 2.18 bits per heavy atom. The molecule has 0 bridgehead atoms. The van der Waals surface area contributed by atoms with Gasteiger partial charge in [-0.2, -0.15) is 4.99 Å². The second-order valence-corrected chi connectivity index (χ2v) is 13.5. The summed E-state index contributed by atoms with van der Waals surface area (Å²) in [4.78, 5) is 58.2. The number of hydrogen-bond acceptors (Lipinski definition) is 7. The highest BCUT2D eigenvalue weighted by molar-refractivity contribution is 14.1. The molecule has 9 nitrogen and oxygen atoms in total. The maximum atomic E-state index is 14.0. The molecular formula is C37H33I2N3O6S. The van der Waals surface area contributed by atoms with Gasteiger partial charge in [0.15, 0.2) is 11.8 Å². The van der Waals surface area contributed by atoms with Crippen LogP contribution in [0, 0.1) is 7.14 Å². The van der Waals surface area contributed by atoms with Gasteiger partial charge in [-0.3, -0.25) is 19.3 Å². The second kappa shape index (κ2) is 18.7. The van der Waals surface area contributed by atoms with Crippen molar-refractivity contribution in [3.8, 4) is 5.75 Å². The van der Waals surface area contributed by atoms with Crippen LogP contribution in [0.3, 0.4) is 0 Å². The van der Waals surface area contributed by atoms with E-state index in [1.807, 2.05) is 60.7 Å². The minimum atomic E-state index is -0.730. The minimum absolute atomic E-state index is 0.0759. The van der Waals surface area contributed by atoms with Crippen LogP contribution in [0.25, 0.3) is 6.08 Å². The fourth-order valence-corrected chi connectivity index (χ4v) is 7.63. The topological polar surface area (TPSA) is 114 Å². The summed E-state index contributed by atoms with van der Waals surface area (Å²) in [5, 5.41) is 3.16. The van der Waals surface area contributed by atoms with Gasteiger partial charge >= 0.3 is 5.97 Å². The molecule has 0 aliphatic carbocycles. The zero-order valence-electron chi connectivity index (χ0n) is 26.7. The maximum Gasteiger partial charge on any atom is 0.344 e. The van der Waals surface area contributed by atoms with Crippen LogP contribution in [0.4, 0.5) is 0 Å². The highest BCUT2D eigenvalue weighted by Gasteiger charge is 2.35. The Morgan fingerprint density at radius 1 is 1.02 bits per heavy atom. The van der Waals surface area contributed by atoms with E-state index in [0.29, 0.717) is 24.2 Å². The highest BCUT2D eigenvalue weighted by atomic mass is 127. The fraction of sp³-hybridized carbons (Fsp3) is 0.162. The summed E-state index contributed by atoms with van der Waals surface area (Å²) in [6.45, 7) is 7.19. The van der Waals surface area contributed by atoms with Gasteiger partial charge in [-0.15, -0.1) is 0 Å². The normalized spacial score (nSPS) is 14.3. The molecule has 12 heteroatoms. The van der Waals surface area contributed by atoms with E-state index in [4.69, 9.17) is 9.47 Å². The van der Waals surface area contributed by atoms with Gasteiger partial charge in [0, 0.05) is 5.70 Å². The van der Waals surface area contributed by atoms with Crippen LogP contribution in [-0.2, 0) is 23.9 Å². The number of aliphatic imine (C=N–C) groups is 1. The summed E-state index contributed by atoms with van der Waals surface area (Å²) < 4.78 is 12.0. The number of halogens is 2. The summed E-state index contributed by atoms with van der Waals surface area (Å²) in [6.07, 6.45) is 8.10. The van der Waals surface area contributed by atoms with E-state index < -0.39 is 23.8 Å². The van der Waals surface area contributed by atoms with Crippen LogP contribution in [0.2, 0.25) is 0 Å². The standard InChI is InChI=1S/C37H33I2N3O6S/c1-4-7-18-27(5-2)42-36(46)28(19-24-20-29(38)34(30(39)21-24)48-22-32(44)47-6-3)35(45)41-37(42)49-23-31(43)40-33(25-14-10-8-11-15-25)26-16-12-9-13-17-26/h4-5,7-21,33H,1,6,22-23H2,2-3H3,(H,40,43)/b18-7-,27-5+,28-19+. The number of nitrogens with zero attached hydrogens (tertiary/aromatic N) is 2. The number of hydrogen-bond donors (Lipinski definition) is 1. The molecule has 3 aromatic carbocycles. The van der Waals surface area contributed by atoms with Gasteiger partial charge in [-0.25, -0.2) is 4.79 Å². The molecule has 3 aromatic rings. The number of esters is 1. The average Bonchev–Trinajstić information content (AvgIpc) is 3.09. The Kier molecular flexibility index (Phi) is 14.4. The predicted octanol–water partition coefficient (Wildman–Crippen LogP) is 7.23. The Balaban J connectivity index is 1.61. The van der Waals surface area contributed by atoms with Gasteiger partial charge in [0.05, 0.1) is 25.5 Å². The lowest BCUT2D eigenvalue weighted by molar-refractivity contribution is -0.145. The minimum Gasteiger partial charge on any atom is -0.480 e. The third-order valence-corrected chi connectivity index (χ3v) is 9.43. The molecule has 0 aromatic heterocycles. The lowest BCUT2D eigenvalue weighted by Gasteiger charge is -2.28. The number of allylic oxidation sites excluding steroid dienone is 4. The van der Waals surface area contributed by atoms with Crippen molar-refractivity contribution in [3.05, 3.63) is 139 Å². The number of carbonyl (C=O) groups excluding carboxylic acids is 4. The van der Waals surface area contributed by atoms with Crippen molar-refractivity contribution in [1.82, 2.24) is 10.2 Å². The number of thioether (sulfide) groups is 1. The molecule has 0 atom stereocenters. The van der Waals surface area contributed by atoms with Crippen molar-refractivity contribution < 1.29 is 28.7 Å². The molecule has 0 saturated carbocycles. The average molecular weight is 902 g/mol. The third-order valence-electron chi connectivity index (χ3n) is 6.88. The lowest BCUT2D eigenvalue weighted by atomic mass is 9.99. The lowest BCUT2D eigenvalue weighted by Crippen LogP contribution is -2.42. The smallest absolute Gasteiger partial charge is 0.344 e. The number of carbonyl (C=O) groups is 4. The predicted molar refractivity (Wildman–Crippen MR) is 210 cm³/mol. The molecule has 0 unspecified atom stereocenters. The van der Waals surface area contributed by atoms with Crippen LogP contribution in [0.15, 0.2) is 120 Å². The largest absolute Gasteiger partial charge is 0.480 e. The quantitative estimate of drug-likeness (QED) is 0.0634. The molecule has 1 N–H and O–H groups in total. The van der Waals surface area contributed by atoms with Crippen molar-refractivity contribution in [2.45, 2.75) is 19.9 Å². The molecule has 0 saturated heterocycles. The van der Waals surface area contributed by atoms with E-state index in [0.717, 1.165) is 22.9 Å². The van der Waals surface area contributed by atoms with Gasteiger partial charge in [0.1, 0.15) is 11.3 Å². The van der Waals surface area contributed by atoms with E-state index >= 15 is 0 Å². The molecule has 252 valence electrons. The van der Waals surface area contributed by atoms with Gasteiger partial charge in [-0.05, 0) is 100 Å². The van der Waals surface area contributed by atoms with Crippen LogP contribution < -0.4 is 10.1 Å². The number of rotatable bonds is 13. The first-order valence-corrected chi connectivity index (χ1v) is 18.2. The number of amidine groups is 1. The SMILES string of the molecule is C=C/C=C\C(=C/C)N1C(=O)/C(=C/c2cc(I)c(OCC(=O)OCC)c(I)c2)C(=O)N=C1SCC(=O)NC(c1ccccc1)c1ccccc1. The summed E-state index contributed by atoms with van der Waals surface area (Å²) in [5.74, 6) is -1.72. The summed E-state index contributed by atoms with van der Waals surface area (Å²) in [7, 11) is 0. The molecule has 4 rings (SSSR count). The Hall–Kier alpha value is -4.02. The van der Waals surface area contributed by atoms with Gasteiger partial charge in [-0.1, -0.05) is 97.2 Å². The Bertz CT molecular complexity index is 1780. The van der Waals surface area contributed by atoms with E-state index in [1.54, 1.807) is 50.3 Å². The fourth-order valence-electron chi connectivity index (χ4n) is 4.69. The molecule has 1 aliphatic heterocycles. The molecule has 49 heavy (non-hydrogen) atoms.